The maximum atomic E-state index is 13.1. The highest BCUT2D eigenvalue weighted by Gasteiger charge is 2.47. The average Bonchev–Trinajstić information content (AvgIpc) is 3.65. The van der Waals surface area contributed by atoms with Gasteiger partial charge in [0.05, 0.1) is 23.7 Å². The minimum atomic E-state index is -3.98. The van der Waals surface area contributed by atoms with E-state index in [1.54, 1.807) is 6.07 Å². The zero-order valence-electron chi connectivity index (χ0n) is 27.9. The summed E-state index contributed by atoms with van der Waals surface area (Å²) in [4.78, 5) is 6.07. The number of hydrogen-bond donors (Lipinski definition) is 1. The number of fused-ring (bicyclic) bond motifs is 1. The molecule has 0 radical (unpaired) electrons. The van der Waals surface area contributed by atoms with Crippen LogP contribution in [0.4, 0.5) is 5.13 Å². The van der Waals surface area contributed by atoms with Gasteiger partial charge >= 0.3 is 0 Å². The topological polar surface area (TPSA) is 117 Å². The van der Waals surface area contributed by atoms with Gasteiger partial charge in [-0.1, -0.05) is 78.9 Å². The van der Waals surface area contributed by atoms with E-state index in [2.05, 4.69) is 92.8 Å². The van der Waals surface area contributed by atoms with Crippen molar-refractivity contribution in [1.29, 1.82) is 5.26 Å². The van der Waals surface area contributed by atoms with Crippen LogP contribution in [0.5, 0.6) is 5.75 Å². The Morgan fingerprint density at radius 1 is 1.02 bits per heavy atom. The Morgan fingerprint density at radius 3 is 2.44 bits per heavy atom. The van der Waals surface area contributed by atoms with Crippen LogP contribution in [-0.4, -0.2) is 55.6 Å². The number of rotatable bonds is 15. The summed E-state index contributed by atoms with van der Waals surface area (Å²) in [5, 5.41) is 10.3. The molecule has 0 saturated carbocycles. The second-order valence-corrected chi connectivity index (χ2v) is 15.5. The minimum absolute atomic E-state index is 0.0584. The van der Waals surface area contributed by atoms with Crippen LogP contribution < -0.4 is 9.46 Å². The number of aromatic nitrogens is 2. The number of ether oxygens (including phenoxy) is 2. The molecule has 11 heteroatoms. The van der Waals surface area contributed by atoms with Crippen molar-refractivity contribution < 1.29 is 17.9 Å². The van der Waals surface area contributed by atoms with Crippen LogP contribution in [0.1, 0.15) is 65.0 Å². The van der Waals surface area contributed by atoms with Crippen molar-refractivity contribution in [3.05, 3.63) is 137 Å². The van der Waals surface area contributed by atoms with Gasteiger partial charge in [-0.05, 0) is 78.7 Å². The van der Waals surface area contributed by atoms with Crippen molar-refractivity contribution in [1.82, 2.24) is 14.3 Å². The smallest absolute Gasteiger partial charge is 0.263 e. The molecule has 1 N–H and O–H groups in total. The van der Waals surface area contributed by atoms with Crippen LogP contribution in [0.25, 0.3) is 0 Å². The van der Waals surface area contributed by atoms with Gasteiger partial charge < -0.3 is 9.47 Å². The first-order valence-electron chi connectivity index (χ1n) is 16.9. The predicted octanol–water partition coefficient (Wildman–Crippen LogP) is 7.11. The fraction of sp³-hybridized carbons (Fsp3) is 0.308. The van der Waals surface area contributed by atoms with Gasteiger partial charge in [-0.3, -0.25) is 9.62 Å². The molecule has 9 nitrogen and oxygen atoms in total. The number of nitrogens with one attached hydrogen (secondary N) is 1. The molecule has 1 heterocycles. The van der Waals surface area contributed by atoms with Crippen LogP contribution in [0.2, 0.25) is 0 Å². The second kappa shape index (κ2) is 14.7. The number of sulfonamides is 1. The Kier molecular flexibility index (Phi) is 9.97. The van der Waals surface area contributed by atoms with Gasteiger partial charge in [-0.25, -0.2) is 13.4 Å². The summed E-state index contributed by atoms with van der Waals surface area (Å²) < 4.78 is 45.2. The summed E-state index contributed by atoms with van der Waals surface area (Å²) in [6.45, 7) is 2.40. The van der Waals surface area contributed by atoms with E-state index >= 15 is 0 Å². The monoisotopic (exact) mass is 705 g/mol. The molecule has 5 aromatic rings. The molecular formula is C39H39N5O4S2. The summed E-state index contributed by atoms with van der Waals surface area (Å²) in [6, 6.07) is 34.5. The SMILES string of the molecule is CN(CCOCC(CCC12CCC(c3ccccc31)c1ccccc12)Oc1ccc(S(=O)(=O)Nc2ncns2)cc1C#N)Cc1ccccc1. The molecule has 2 bridgehead atoms. The standard InChI is InChI=1S/C39H39N5O4S2/c1-44(25-28-9-3-2-4-10-28)21-22-47-26-30(48-37-16-15-31(23-29(37)24-40)50(45,46)43-38-41-27-42-49-38)17-19-39-20-18-32(33-11-5-7-13-35(33)39)34-12-6-8-14-36(34)39/h2-16,23,27,30,32H,17-22,25-26H2,1H3,(H,41,42,43). The van der Waals surface area contributed by atoms with E-state index < -0.39 is 10.0 Å². The summed E-state index contributed by atoms with van der Waals surface area (Å²) in [5.74, 6) is 0.740. The molecular weight excluding hydrogens is 667 g/mol. The summed E-state index contributed by atoms with van der Waals surface area (Å²) in [6.07, 6.45) is 4.58. The third-order valence-corrected chi connectivity index (χ3v) is 12.0. The molecule has 0 aliphatic heterocycles. The first-order chi connectivity index (χ1) is 24.4. The Bertz CT molecular complexity index is 2040. The lowest BCUT2D eigenvalue weighted by Gasteiger charge is -2.50. The number of nitriles is 1. The van der Waals surface area contributed by atoms with E-state index in [4.69, 9.17) is 9.47 Å². The van der Waals surface area contributed by atoms with E-state index in [1.807, 2.05) is 18.2 Å². The fourth-order valence-corrected chi connectivity index (χ4v) is 9.27. The maximum Gasteiger partial charge on any atom is 0.263 e. The molecule has 0 fully saturated rings. The quantitative estimate of drug-likeness (QED) is 0.115. The fourth-order valence-electron chi connectivity index (χ4n) is 7.58. The normalized spacial score (nSPS) is 18.2. The van der Waals surface area contributed by atoms with E-state index in [1.165, 1.54) is 46.3 Å². The van der Waals surface area contributed by atoms with E-state index in [-0.39, 0.29) is 27.1 Å². The van der Waals surface area contributed by atoms with Gasteiger partial charge in [0.25, 0.3) is 10.0 Å². The highest BCUT2D eigenvalue weighted by Crippen LogP contribution is 2.58. The zero-order chi connectivity index (χ0) is 34.6. The number of nitrogens with zero attached hydrogens (tertiary/aromatic N) is 4. The molecule has 0 saturated heterocycles. The lowest BCUT2D eigenvalue weighted by molar-refractivity contribution is 0.0334. The Labute approximate surface area is 297 Å². The summed E-state index contributed by atoms with van der Waals surface area (Å²) in [5.41, 5.74) is 6.85. The highest BCUT2D eigenvalue weighted by atomic mass is 32.2. The molecule has 1 unspecified atom stereocenters. The molecule has 3 aliphatic rings. The van der Waals surface area contributed by atoms with Crippen molar-refractivity contribution in [2.45, 2.75) is 54.6 Å². The van der Waals surface area contributed by atoms with Crippen LogP contribution in [0.15, 0.2) is 108 Å². The minimum Gasteiger partial charge on any atom is -0.487 e. The van der Waals surface area contributed by atoms with Gasteiger partial charge in [-0.2, -0.15) is 9.64 Å². The van der Waals surface area contributed by atoms with Gasteiger partial charge in [0.1, 0.15) is 24.3 Å². The van der Waals surface area contributed by atoms with Crippen molar-refractivity contribution in [3.8, 4) is 11.8 Å². The van der Waals surface area contributed by atoms with E-state index in [0.717, 1.165) is 43.9 Å². The molecule has 1 atom stereocenters. The van der Waals surface area contributed by atoms with Crippen LogP contribution in [-0.2, 0) is 26.7 Å². The summed E-state index contributed by atoms with van der Waals surface area (Å²) in [7, 11) is -1.90. The summed E-state index contributed by atoms with van der Waals surface area (Å²) >= 11 is 0.932. The first-order valence-corrected chi connectivity index (χ1v) is 19.1. The van der Waals surface area contributed by atoms with E-state index in [9.17, 15) is 13.7 Å². The number of hydrogen-bond acceptors (Lipinski definition) is 9. The molecule has 1 aromatic heterocycles. The van der Waals surface area contributed by atoms with E-state index in [0.29, 0.717) is 31.3 Å². The molecule has 3 aliphatic carbocycles. The van der Waals surface area contributed by atoms with Crippen molar-refractivity contribution in [2.24, 2.45) is 0 Å². The molecule has 0 amide bonds. The average molecular weight is 706 g/mol. The van der Waals surface area contributed by atoms with Gasteiger partial charge in [0.2, 0.25) is 5.13 Å². The predicted molar refractivity (Wildman–Crippen MR) is 194 cm³/mol. The lowest BCUT2D eigenvalue weighted by Crippen LogP contribution is -2.41. The Morgan fingerprint density at radius 2 is 1.74 bits per heavy atom. The van der Waals surface area contributed by atoms with Crippen molar-refractivity contribution >= 4 is 26.7 Å². The zero-order valence-corrected chi connectivity index (χ0v) is 29.5. The molecule has 256 valence electrons. The molecule has 4 aromatic carbocycles. The molecule has 8 rings (SSSR count). The number of likely N-dealkylation sites (N-methyl/N-ethyl adjacent to an activating group) is 1. The third-order valence-electron chi connectivity index (χ3n) is 9.93. The van der Waals surface area contributed by atoms with Crippen LogP contribution >= 0.6 is 11.5 Å². The van der Waals surface area contributed by atoms with Crippen LogP contribution in [0.3, 0.4) is 0 Å². The van der Waals surface area contributed by atoms with Gasteiger partial charge in [-0.15, -0.1) is 0 Å². The van der Waals surface area contributed by atoms with Crippen molar-refractivity contribution in [3.63, 3.8) is 0 Å². The second-order valence-electron chi connectivity index (χ2n) is 13.0. The van der Waals surface area contributed by atoms with Crippen LogP contribution in [0, 0.1) is 11.3 Å². The lowest BCUT2D eigenvalue weighted by atomic mass is 9.54. The number of benzene rings is 4. The Hall–Kier alpha value is -4.60. The van der Waals surface area contributed by atoms with Gasteiger partial charge in [0, 0.05) is 36.0 Å². The third kappa shape index (κ3) is 7.02. The molecule has 50 heavy (non-hydrogen) atoms. The number of anilines is 1. The van der Waals surface area contributed by atoms with Gasteiger partial charge in [0.15, 0.2) is 0 Å². The first kappa shape index (κ1) is 33.9. The highest BCUT2D eigenvalue weighted by molar-refractivity contribution is 7.93. The molecule has 0 spiro atoms. The maximum absolute atomic E-state index is 13.1. The Balaban J connectivity index is 1.11. The largest absolute Gasteiger partial charge is 0.487 e. The van der Waals surface area contributed by atoms with Crippen molar-refractivity contribution in [2.75, 3.05) is 31.5 Å².